The Balaban J connectivity index is 1.64. The maximum Gasteiger partial charge on any atom is 0.335 e. The summed E-state index contributed by atoms with van der Waals surface area (Å²) < 4.78 is 8.03. The predicted octanol–water partition coefficient (Wildman–Crippen LogP) is 1.41. The van der Waals surface area contributed by atoms with Gasteiger partial charge in [0.15, 0.2) is 0 Å². The van der Waals surface area contributed by atoms with E-state index < -0.39 is 11.6 Å². The van der Waals surface area contributed by atoms with Gasteiger partial charge in [0.25, 0.3) is 11.5 Å². The summed E-state index contributed by atoms with van der Waals surface area (Å²) in [7, 11) is 0. The smallest absolute Gasteiger partial charge is 0.335 e. The van der Waals surface area contributed by atoms with Gasteiger partial charge in [-0.15, -0.1) is 0 Å². The Labute approximate surface area is 172 Å². The fourth-order valence-corrected chi connectivity index (χ4v) is 3.25. The van der Waals surface area contributed by atoms with E-state index in [9.17, 15) is 14.4 Å². The largest absolute Gasteiger partial charge is 0.480 e. The minimum Gasteiger partial charge on any atom is -0.480 e. The van der Waals surface area contributed by atoms with Crippen LogP contribution in [0.3, 0.4) is 0 Å². The van der Waals surface area contributed by atoms with Crippen molar-refractivity contribution in [3.05, 3.63) is 104 Å². The molecule has 0 saturated carbocycles. The molecule has 30 heavy (non-hydrogen) atoms. The zero-order valence-corrected chi connectivity index (χ0v) is 16.4. The first-order valence-corrected chi connectivity index (χ1v) is 9.45. The molecular weight excluding hydrogens is 384 g/mol. The van der Waals surface area contributed by atoms with Crippen molar-refractivity contribution >= 4 is 12.1 Å². The molecule has 4 rings (SSSR count). The number of nitrogens with one attached hydrogen (secondary N) is 1. The van der Waals surface area contributed by atoms with Crippen molar-refractivity contribution in [2.75, 3.05) is 0 Å². The number of nitrogens with zero attached hydrogens (tertiary/aromatic N) is 3. The number of pyridine rings is 1. The molecular formula is C22H20N4O4. The van der Waals surface area contributed by atoms with Crippen LogP contribution in [0.4, 0.5) is 0 Å². The molecule has 1 N–H and O–H groups in total. The lowest BCUT2D eigenvalue weighted by molar-refractivity contribution is -0.121. The van der Waals surface area contributed by atoms with Gasteiger partial charge in [-0.05, 0) is 30.2 Å². The third-order valence-electron chi connectivity index (χ3n) is 4.95. The molecule has 0 spiro atoms. The normalized spacial score (nSPS) is 12.5. The van der Waals surface area contributed by atoms with E-state index in [0.29, 0.717) is 17.8 Å². The molecule has 8 heteroatoms. The van der Waals surface area contributed by atoms with E-state index in [4.69, 9.17) is 4.74 Å². The van der Waals surface area contributed by atoms with Crippen LogP contribution in [0.5, 0.6) is 0 Å². The van der Waals surface area contributed by atoms with Crippen molar-refractivity contribution in [3.63, 3.8) is 0 Å². The van der Waals surface area contributed by atoms with Crippen molar-refractivity contribution < 1.29 is 9.53 Å². The molecule has 1 aliphatic heterocycles. The monoisotopic (exact) mass is 404 g/mol. The summed E-state index contributed by atoms with van der Waals surface area (Å²) in [6.45, 7) is 2.08. The van der Waals surface area contributed by atoms with E-state index in [1.165, 1.54) is 15.3 Å². The topological polar surface area (TPSA) is 95.2 Å². The van der Waals surface area contributed by atoms with Gasteiger partial charge < -0.3 is 10.1 Å². The van der Waals surface area contributed by atoms with Gasteiger partial charge in [-0.25, -0.2) is 4.79 Å². The summed E-state index contributed by atoms with van der Waals surface area (Å²) in [5, 5.41) is 2.76. The average molecular weight is 404 g/mol. The molecule has 1 amide bonds. The summed E-state index contributed by atoms with van der Waals surface area (Å²) in [5.74, 6) is -0.425. The highest BCUT2D eigenvalue weighted by Gasteiger charge is 2.23. The van der Waals surface area contributed by atoms with Crippen LogP contribution in [0.2, 0.25) is 0 Å². The van der Waals surface area contributed by atoms with Gasteiger partial charge in [-0.2, -0.15) is 0 Å². The van der Waals surface area contributed by atoms with Crippen molar-refractivity contribution in [1.29, 1.82) is 0 Å². The number of amides is 1. The van der Waals surface area contributed by atoms with Gasteiger partial charge >= 0.3 is 5.69 Å². The molecule has 152 valence electrons. The van der Waals surface area contributed by atoms with Crippen LogP contribution in [0.15, 0.2) is 70.2 Å². The minimum atomic E-state index is -0.507. The Morgan fingerprint density at radius 1 is 1.10 bits per heavy atom. The number of rotatable bonds is 5. The Bertz CT molecular complexity index is 1230. The Morgan fingerprint density at radius 2 is 1.83 bits per heavy atom. The third kappa shape index (κ3) is 3.80. The fraction of sp³-hybridized carbons (Fsp3) is 0.182. The van der Waals surface area contributed by atoms with Crippen molar-refractivity contribution in [3.8, 4) is 0 Å². The Morgan fingerprint density at radius 3 is 2.57 bits per heavy atom. The van der Waals surface area contributed by atoms with Crippen LogP contribution in [-0.2, 0) is 29.2 Å². The van der Waals surface area contributed by atoms with Gasteiger partial charge in [-0.3, -0.25) is 23.7 Å². The third-order valence-corrected chi connectivity index (χ3v) is 4.95. The number of carbonyl (C=O) groups is 1. The predicted molar refractivity (Wildman–Crippen MR) is 110 cm³/mol. The molecule has 0 bridgehead atoms. The molecule has 0 radical (unpaired) electrons. The highest BCUT2D eigenvalue weighted by atomic mass is 16.5. The van der Waals surface area contributed by atoms with E-state index in [0.717, 1.165) is 11.1 Å². The SMILES string of the molecule is Cc1c2n(c(=O)n(Cc3ccccc3)c1=O)C=C(C(=O)NCc1ccncc1)OC2. The van der Waals surface area contributed by atoms with E-state index in [-0.39, 0.29) is 24.5 Å². The van der Waals surface area contributed by atoms with Crippen LogP contribution >= 0.6 is 0 Å². The Hall–Kier alpha value is -3.94. The van der Waals surface area contributed by atoms with Gasteiger partial charge in [0.2, 0.25) is 5.76 Å². The first kappa shape index (κ1) is 19.4. The molecule has 2 aromatic heterocycles. The summed E-state index contributed by atoms with van der Waals surface area (Å²) in [4.78, 5) is 42.2. The lowest BCUT2D eigenvalue weighted by Crippen LogP contribution is -2.43. The number of hydrogen-bond acceptors (Lipinski definition) is 5. The van der Waals surface area contributed by atoms with Crippen LogP contribution < -0.4 is 16.6 Å². The maximum absolute atomic E-state index is 13.0. The number of aromatic nitrogens is 3. The number of fused-ring (bicyclic) bond motifs is 1. The summed E-state index contributed by atoms with van der Waals surface area (Å²) in [6.07, 6.45) is 4.63. The van der Waals surface area contributed by atoms with Crippen molar-refractivity contribution in [2.45, 2.75) is 26.6 Å². The number of ether oxygens (including phenoxy) is 1. The van der Waals surface area contributed by atoms with E-state index in [2.05, 4.69) is 10.3 Å². The molecule has 0 atom stereocenters. The zero-order valence-electron chi connectivity index (χ0n) is 16.4. The van der Waals surface area contributed by atoms with Gasteiger partial charge in [0.05, 0.1) is 18.4 Å². The minimum absolute atomic E-state index is 0.0166. The molecule has 1 aromatic carbocycles. The molecule has 0 saturated heterocycles. The maximum atomic E-state index is 13.0. The number of hydrogen-bond donors (Lipinski definition) is 1. The second-order valence-electron chi connectivity index (χ2n) is 6.92. The lowest BCUT2D eigenvalue weighted by atomic mass is 10.2. The van der Waals surface area contributed by atoms with Crippen LogP contribution in [0.25, 0.3) is 6.20 Å². The van der Waals surface area contributed by atoms with Gasteiger partial charge in [-0.1, -0.05) is 30.3 Å². The van der Waals surface area contributed by atoms with E-state index in [1.54, 1.807) is 31.5 Å². The first-order valence-electron chi connectivity index (χ1n) is 9.45. The van der Waals surface area contributed by atoms with Crippen molar-refractivity contribution in [2.24, 2.45) is 0 Å². The molecule has 3 aromatic rings. The quantitative estimate of drug-likeness (QED) is 0.694. The molecule has 1 aliphatic rings. The van der Waals surface area contributed by atoms with Gasteiger partial charge in [0, 0.05) is 24.5 Å². The molecule has 0 fully saturated rings. The summed E-state index contributed by atoms with van der Waals surface area (Å²) in [6, 6.07) is 12.9. The van der Waals surface area contributed by atoms with Gasteiger partial charge in [0.1, 0.15) is 6.61 Å². The molecule has 3 heterocycles. The first-order chi connectivity index (χ1) is 14.5. The standard InChI is InChI=1S/C22H20N4O4/c1-15-18-14-30-19(20(27)24-11-16-7-9-23-10-8-16)13-25(18)22(29)26(21(15)28)12-17-5-3-2-4-6-17/h2-10,13H,11-12,14H2,1H3,(H,24,27). The van der Waals surface area contributed by atoms with Crippen LogP contribution in [-0.4, -0.2) is 20.0 Å². The van der Waals surface area contributed by atoms with E-state index >= 15 is 0 Å². The van der Waals surface area contributed by atoms with Crippen molar-refractivity contribution in [1.82, 2.24) is 19.4 Å². The summed E-state index contributed by atoms with van der Waals surface area (Å²) >= 11 is 0. The number of benzene rings is 1. The summed E-state index contributed by atoms with van der Waals surface area (Å²) in [5.41, 5.74) is 1.71. The average Bonchev–Trinajstić information content (AvgIpc) is 2.80. The Kier molecular flexibility index (Phi) is 5.30. The highest BCUT2D eigenvalue weighted by Crippen LogP contribution is 2.15. The zero-order chi connectivity index (χ0) is 21.1. The van der Waals surface area contributed by atoms with E-state index in [1.807, 2.05) is 30.3 Å². The fourth-order valence-electron chi connectivity index (χ4n) is 3.25. The van der Waals surface area contributed by atoms with Crippen LogP contribution in [0, 0.1) is 6.92 Å². The molecule has 8 nitrogen and oxygen atoms in total. The number of carbonyl (C=O) groups excluding carboxylic acids is 1. The molecule has 0 unspecified atom stereocenters. The second-order valence-corrected chi connectivity index (χ2v) is 6.92. The van der Waals surface area contributed by atoms with Crippen LogP contribution in [0.1, 0.15) is 22.4 Å². The molecule has 0 aliphatic carbocycles. The second kappa shape index (κ2) is 8.20. The highest BCUT2D eigenvalue weighted by molar-refractivity contribution is 5.94. The lowest BCUT2D eigenvalue weighted by Gasteiger charge is -2.21.